The number of fused-ring (bicyclic) bond motifs is 1. The summed E-state index contributed by atoms with van der Waals surface area (Å²) in [5.41, 5.74) is -0.354. The van der Waals surface area contributed by atoms with Crippen LogP contribution in [0.2, 0.25) is 0 Å². The summed E-state index contributed by atoms with van der Waals surface area (Å²) in [6.45, 7) is 1.78. The second kappa shape index (κ2) is 5.55. The van der Waals surface area contributed by atoms with E-state index in [0.717, 1.165) is 25.3 Å². The molecule has 0 radical (unpaired) electrons. The van der Waals surface area contributed by atoms with Gasteiger partial charge in [0, 0.05) is 19.5 Å². The lowest BCUT2D eigenvalue weighted by Gasteiger charge is -2.17. The van der Waals surface area contributed by atoms with Gasteiger partial charge >= 0.3 is 6.18 Å². The molecule has 7 heteroatoms. The van der Waals surface area contributed by atoms with Gasteiger partial charge in [-0.1, -0.05) is 0 Å². The van der Waals surface area contributed by atoms with E-state index in [2.05, 4.69) is 10.3 Å². The molecule has 1 aromatic heterocycles. The second-order valence-electron chi connectivity index (χ2n) is 5.71. The molecule has 1 saturated carbocycles. The van der Waals surface area contributed by atoms with E-state index in [4.69, 9.17) is 4.42 Å². The van der Waals surface area contributed by atoms with Crippen LogP contribution in [0.15, 0.2) is 16.5 Å². The summed E-state index contributed by atoms with van der Waals surface area (Å²) in [5, 5.41) is 12.9. The topological polar surface area (TPSA) is 58.3 Å². The molecule has 22 heavy (non-hydrogen) atoms. The fourth-order valence-electron chi connectivity index (χ4n) is 2.94. The van der Waals surface area contributed by atoms with Crippen molar-refractivity contribution < 1.29 is 22.7 Å². The highest BCUT2D eigenvalue weighted by Crippen LogP contribution is 2.36. The van der Waals surface area contributed by atoms with E-state index >= 15 is 0 Å². The first-order valence-corrected chi connectivity index (χ1v) is 7.23. The number of oxazole rings is 1. The van der Waals surface area contributed by atoms with Crippen LogP contribution in [0.25, 0.3) is 11.1 Å². The second-order valence-corrected chi connectivity index (χ2v) is 5.71. The van der Waals surface area contributed by atoms with Crippen LogP contribution in [-0.4, -0.2) is 22.2 Å². The summed E-state index contributed by atoms with van der Waals surface area (Å²) in [4.78, 5) is 4.00. The number of alkyl halides is 3. The van der Waals surface area contributed by atoms with Crippen molar-refractivity contribution in [2.24, 2.45) is 0 Å². The van der Waals surface area contributed by atoms with E-state index in [9.17, 15) is 18.3 Å². The monoisotopic (exact) mass is 314 g/mol. The van der Waals surface area contributed by atoms with Crippen molar-refractivity contribution in [1.82, 2.24) is 10.3 Å². The van der Waals surface area contributed by atoms with E-state index in [1.54, 1.807) is 6.07 Å². The standard InChI is InChI=1S/C15H17F3N2O2/c1-8-20-12-6-9(7-19-11-3-2-4-13(11)21)5-10(14(12)22-8)15(16,17)18/h5-6,11,13,19,21H,2-4,7H2,1H3. The lowest BCUT2D eigenvalue weighted by molar-refractivity contribution is -0.136. The lowest BCUT2D eigenvalue weighted by Crippen LogP contribution is -2.35. The Morgan fingerprint density at radius 2 is 2.14 bits per heavy atom. The molecule has 0 spiro atoms. The normalized spacial score (nSPS) is 22.6. The predicted molar refractivity (Wildman–Crippen MR) is 74.2 cm³/mol. The number of benzene rings is 1. The molecular formula is C15H17F3N2O2. The van der Waals surface area contributed by atoms with Gasteiger partial charge in [0.15, 0.2) is 11.5 Å². The quantitative estimate of drug-likeness (QED) is 0.914. The van der Waals surface area contributed by atoms with Gasteiger partial charge in [0.25, 0.3) is 0 Å². The first-order valence-electron chi connectivity index (χ1n) is 7.23. The molecule has 0 bridgehead atoms. The Hall–Kier alpha value is -1.60. The molecule has 2 atom stereocenters. The van der Waals surface area contributed by atoms with Crippen LogP contribution in [0.5, 0.6) is 0 Å². The summed E-state index contributed by atoms with van der Waals surface area (Å²) in [6.07, 6.45) is -2.44. The summed E-state index contributed by atoms with van der Waals surface area (Å²) in [5.74, 6) is 0.205. The van der Waals surface area contributed by atoms with Crippen LogP contribution in [0.3, 0.4) is 0 Å². The third-order valence-corrected chi connectivity index (χ3v) is 4.01. The first-order chi connectivity index (χ1) is 10.3. The SMILES string of the molecule is Cc1nc2cc(CNC3CCCC3O)cc(C(F)(F)F)c2o1. The number of rotatable bonds is 3. The fourth-order valence-corrected chi connectivity index (χ4v) is 2.94. The molecule has 2 N–H and O–H groups in total. The maximum absolute atomic E-state index is 13.2. The number of aliphatic hydroxyl groups excluding tert-OH is 1. The van der Waals surface area contributed by atoms with Crippen molar-refractivity contribution in [3.63, 3.8) is 0 Å². The van der Waals surface area contributed by atoms with Crippen molar-refractivity contribution in [3.05, 3.63) is 29.2 Å². The van der Waals surface area contributed by atoms with Gasteiger partial charge in [-0.2, -0.15) is 13.2 Å². The number of hydrogen-bond donors (Lipinski definition) is 2. The molecule has 0 saturated heterocycles. The van der Waals surface area contributed by atoms with Gasteiger partial charge in [-0.15, -0.1) is 0 Å². The highest BCUT2D eigenvalue weighted by Gasteiger charge is 2.35. The third-order valence-electron chi connectivity index (χ3n) is 4.01. The maximum Gasteiger partial charge on any atom is 0.420 e. The molecular weight excluding hydrogens is 297 g/mol. The van der Waals surface area contributed by atoms with Crippen molar-refractivity contribution in [1.29, 1.82) is 0 Å². The lowest BCUT2D eigenvalue weighted by atomic mass is 10.1. The Bertz CT molecular complexity index is 681. The van der Waals surface area contributed by atoms with Gasteiger partial charge in [0.1, 0.15) is 11.1 Å². The predicted octanol–water partition coefficient (Wildman–Crippen LogP) is 3.16. The first kappa shape index (κ1) is 15.3. The summed E-state index contributed by atoms with van der Waals surface area (Å²) >= 11 is 0. The number of aliphatic hydroxyl groups is 1. The molecule has 1 fully saturated rings. The molecule has 2 unspecified atom stereocenters. The van der Waals surface area contributed by atoms with Crippen molar-refractivity contribution in [2.75, 3.05) is 0 Å². The third kappa shape index (κ3) is 2.96. The van der Waals surface area contributed by atoms with Crippen molar-refractivity contribution in [3.8, 4) is 0 Å². The number of hydrogen-bond acceptors (Lipinski definition) is 4. The summed E-state index contributed by atoms with van der Waals surface area (Å²) in [7, 11) is 0. The molecule has 4 nitrogen and oxygen atoms in total. The molecule has 3 rings (SSSR count). The Labute approximate surface area is 125 Å². The van der Waals surface area contributed by atoms with E-state index in [1.165, 1.54) is 6.92 Å². The highest BCUT2D eigenvalue weighted by molar-refractivity contribution is 5.78. The fraction of sp³-hybridized carbons (Fsp3) is 0.533. The minimum atomic E-state index is -4.49. The molecule has 1 aliphatic rings. The Morgan fingerprint density at radius 1 is 1.36 bits per heavy atom. The van der Waals surface area contributed by atoms with Gasteiger partial charge in [-0.3, -0.25) is 0 Å². The molecule has 0 amide bonds. The van der Waals surface area contributed by atoms with E-state index in [1.807, 2.05) is 0 Å². The van der Waals surface area contributed by atoms with Crippen molar-refractivity contribution >= 4 is 11.1 Å². The Morgan fingerprint density at radius 3 is 2.77 bits per heavy atom. The summed E-state index contributed by atoms with van der Waals surface area (Å²) < 4.78 is 44.6. The number of aromatic nitrogens is 1. The number of halogens is 3. The van der Waals surface area contributed by atoms with Gasteiger partial charge in [0.05, 0.1) is 6.10 Å². The molecule has 1 aliphatic carbocycles. The van der Waals surface area contributed by atoms with Gasteiger partial charge in [-0.25, -0.2) is 4.98 Å². The number of nitrogens with zero attached hydrogens (tertiary/aromatic N) is 1. The zero-order chi connectivity index (χ0) is 15.9. The molecule has 1 heterocycles. The van der Waals surface area contributed by atoms with E-state index in [0.29, 0.717) is 5.56 Å². The smallest absolute Gasteiger partial charge is 0.420 e. The van der Waals surface area contributed by atoms with Crippen LogP contribution in [0.4, 0.5) is 13.2 Å². The highest BCUT2D eigenvalue weighted by atomic mass is 19.4. The average Bonchev–Trinajstić information content (AvgIpc) is 2.98. The van der Waals surface area contributed by atoms with Gasteiger partial charge < -0.3 is 14.8 Å². The molecule has 120 valence electrons. The summed E-state index contributed by atoms with van der Waals surface area (Å²) in [6, 6.07) is 2.61. The molecule has 2 aromatic rings. The van der Waals surface area contributed by atoms with Gasteiger partial charge in [0.2, 0.25) is 0 Å². The van der Waals surface area contributed by atoms with Crippen LogP contribution in [0.1, 0.15) is 36.3 Å². The number of nitrogens with one attached hydrogen (secondary N) is 1. The minimum Gasteiger partial charge on any atom is -0.440 e. The zero-order valence-corrected chi connectivity index (χ0v) is 12.1. The van der Waals surface area contributed by atoms with Crippen molar-refractivity contribution in [2.45, 2.75) is 51.1 Å². The average molecular weight is 314 g/mol. The zero-order valence-electron chi connectivity index (χ0n) is 12.1. The molecule has 1 aromatic carbocycles. The molecule has 0 aliphatic heterocycles. The maximum atomic E-state index is 13.2. The van der Waals surface area contributed by atoms with E-state index < -0.39 is 17.8 Å². The number of aryl methyl sites for hydroxylation is 1. The minimum absolute atomic E-state index is 0.0657. The van der Waals surface area contributed by atoms with Gasteiger partial charge in [-0.05, 0) is 37.0 Å². The van der Waals surface area contributed by atoms with Crippen LogP contribution < -0.4 is 5.32 Å². The Kier molecular flexibility index (Phi) is 3.86. The largest absolute Gasteiger partial charge is 0.440 e. The van der Waals surface area contributed by atoms with E-state index in [-0.39, 0.29) is 29.6 Å². The van der Waals surface area contributed by atoms with Crippen LogP contribution in [-0.2, 0) is 12.7 Å². The Balaban J connectivity index is 1.89. The van der Waals surface area contributed by atoms with Crippen LogP contribution >= 0.6 is 0 Å². The van der Waals surface area contributed by atoms with Crippen LogP contribution in [0, 0.1) is 6.92 Å².